The topological polar surface area (TPSA) is 110 Å². The predicted molar refractivity (Wildman–Crippen MR) is 103 cm³/mol. The number of pyridine rings is 1. The number of carbonyl (C=O) groups excluding carboxylic acids is 2. The molecule has 0 aromatic carbocycles. The van der Waals surface area contributed by atoms with Gasteiger partial charge in [0.1, 0.15) is 11.5 Å². The molecule has 0 aliphatic heterocycles. The molecule has 0 unspecified atom stereocenters. The van der Waals surface area contributed by atoms with Crippen molar-refractivity contribution in [3.8, 4) is 0 Å². The van der Waals surface area contributed by atoms with Crippen molar-refractivity contribution < 1.29 is 9.59 Å². The highest BCUT2D eigenvalue weighted by Gasteiger charge is 2.29. The minimum absolute atomic E-state index is 0. The van der Waals surface area contributed by atoms with Crippen molar-refractivity contribution in [3.05, 3.63) is 34.4 Å². The molecule has 0 atom stereocenters. The molecule has 2 aromatic rings. The number of thiazole rings is 1. The van der Waals surface area contributed by atoms with Gasteiger partial charge in [-0.3, -0.25) is 9.59 Å². The van der Waals surface area contributed by atoms with Crippen LogP contribution < -0.4 is 16.4 Å². The number of aromatic nitrogens is 2. The molecule has 4 N–H and O–H groups in total. The first-order valence-corrected chi connectivity index (χ1v) is 8.26. The van der Waals surface area contributed by atoms with Gasteiger partial charge in [0, 0.05) is 17.7 Å². The van der Waals surface area contributed by atoms with Crippen LogP contribution in [0.3, 0.4) is 0 Å². The molecule has 0 saturated heterocycles. The lowest BCUT2D eigenvalue weighted by Crippen LogP contribution is -2.15. The predicted octanol–water partition coefficient (Wildman–Crippen LogP) is 2.48. The third-order valence-corrected chi connectivity index (χ3v) is 4.27. The number of nitrogens with two attached hydrogens (primary N) is 1. The highest BCUT2D eigenvalue weighted by atomic mass is 35.5. The van der Waals surface area contributed by atoms with Gasteiger partial charge in [-0.1, -0.05) is 0 Å². The highest BCUT2D eigenvalue weighted by molar-refractivity contribution is 7.09. The Bertz CT molecular complexity index is 719. The van der Waals surface area contributed by atoms with Crippen molar-refractivity contribution in [3.63, 3.8) is 0 Å². The van der Waals surface area contributed by atoms with Crippen LogP contribution in [0.2, 0.25) is 0 Å². The van der Waals surface area contributed by atoms with E-state index in [1.54, 1.807) is 17.5 Å². The number of nitrogens with one attached hydrogen (secondary N) is 2. The van der Waals surface area contributed by atoms with Crippen LogP contribution in [-0.4, -0.2) is 28.3 Å². The summed E-state index contributed by atoms with van der Waals surface area (Å²) in [4.78, 5) is 32.1. The Morgan fingerprint density at radius 2 is 2.00 bits per heavy atom. The van der Waals surface area contributed by atoms with E-state index in [-0.39, 0.29) is 42.5 Å². The molecule has 136 valence electrons. The molecule has 0 radical (unpaired) electrons. The lowest BCUT2D eigenvalue weighted by molar-refractivity contribution is -0.117. The Kier molecular flexibility index (Phi) is 8.24. The second-order valence-corrected chi connectivity index (χ2v) is 6.26. The molecule has 25 heavy (non-hydrogen) atoms. The number of hydrogen-bond donors (Lipinski definition) is 3. The third kappa shape index (κ3) is 5.93. The molecular weight excluding hydrogens is 385 g/mol. The van der Waals surface area contributed by atoms with E-state index in [2.05, 4.69) is 20.6 Å². The summed E-state index contributed by atoms with van der Waals surface area (Å²) in [5.74, 6) is 0.327. The van der Waals surface area contributed by atoms with Crippen LogP contribution in [0.25, 0.3) is 0 Å². The molecule has 10 heteroatoms. The monoisotopic (exact) mass is 403 g/mol. The zero-order valence-electron chi connectivity index (χ0n) is 13.2. The van der Waals surface area contributed by atoms with Crippen molar-refractivity contribution in [2.24, 2.45) is 11.7 Å². The first-order valence-electron chi connectivity index (χ1n) is 7.38. The summed E-state index contributed by atoms with van der Waals surface area (Å²) in [6.07, 6.45) is 4.06. The van der Waals surface area contributed by atoms with Gasteiger partial charge < -0.3 is 16.4 Å². The zero-order valence-corrected chi connectivity index (χ0v) is 15.7. The maximum absolute atomic E-state index is 12.1. The molecule has 0 bridgehead atoms. The molecule has 0 spiro atoms. The van der Waals surface area contributed by atoms with Crippen molar-refractivity contribution in [2.75, 3.05) is 17.2 Å². The second-order valence-electron chi connectivity index (χ2n) is 5.31. The second kappa shape index (κ2) is 9.67. The molecular formula is C15H19Cl2N5O2S. The van der Waals surface area contributed by atoms with E-state index in [1.807, 2.05) is 0 Å². The van der Waals surface area contributed by atoms with Crippen LogP contribution in [0, 0.1) is 5.92 Å². The van der Waals surface area contributed by atoms with E-state index in [0.29, 0.717) is 30.2 Å². The molecule has 2 heterocycles. The number of hydrogen-bond acceptors (Lipinski definition) is 6. The summed E-state index contributed by atoms with van der Waals surface area (Å²) in [5, 5.41) is 8.02. The van der Waals surface area contributed by atoms with E-state index < -0.39 is 0 Å². The Hall–Kier alpha value is -1.74. The SMILES string of the molecule is Cl.Cl.NCCc1nc(C(=O)Nc2ccc(NC(=O)C3CC3)nc2)cs1. The normalized spacial score (nSPS) is 12.5. The largest absolute Gasteiger partial charge is 0.330 e. The summed E-state index contributed by atoms with van der Waals surface area (Å²) in [6.45, 7) is 0.506. The van der Waals surface area contributed by atoms with E-state index in [9.17, 15) is 9.59 Å². The van der Waals surface area contributed by atoms with Crippen molar-refractivity contribution in [1.82, 2.24) is 9.97 Å². The van der Waals surface area contributed by atoms with Crippen molar-refractivity contribution in [1.29, 1.82) is 0 Å². The number of rotatable bonds is 6. The van der Waals surface area contributed by atoms with E-state index in [4.69, 9.17) is 5.73 Å². The van der Waals surface area contributed by atoms with Gasteiger partial charge in [0.05, 0.1) is 16.9 Å². The fourth-order valence-electron chi connectivity index (χ4n) is 1.96. The molecule has 2 aromatic heterocycles. The zero-order chi connectivity index (χ0) is 16.2. The number of nitrogens with zero attached hydrogens (tertiary/aromatic N) is 2. The van der Waals surface area contributed by atoms with Gasteiger partial charge in [-0.25, -0.2) is 9.97 Å². The summed E-state index contributed by atoms with van der Waals surface area (Å²) >= 11 is 1.42. The summed E-state index contributed by atoms with van der Waals surface area (Å²) in [6, 6.07) is 3.36. The molecule has 1 fully saturated rings. The average molecular weight is 404 g/mol. The van der Waals surface area contributed by atoms with Crippen LogP contribution >= 0.6 is 36.2 Å². The maximum Gasteiger partial charge on any atom is 0.275 e. The first-order chi connectivity index (χ1) is 11.2. The lowest BCUT2D eigenvalue weighted by atomic mass is 10.3. The van der Waals surface area contributed by atoms with Gasteiger partial charge >= 0.3 is 0 Å². The van der Waals surface area contributed by atoms with E-state index >= 15 is 0 Å². The Morgan fingerprint density at radius 3 is 2.60 bits per heavy atom. The van der Waals surface area contributed by atoms with E-state index in [0.717, 1.165) is 17.8 Å². The van der Waals surface area contributed by atoms with Crippen molar-refractivity contribution in [2.45, 2.75) is 19.3 Å². The van der Waals surface area contributed by atoms with Crippen LogP contribution in [0.15, 0.2) is 23.7 Å². The van der Waals surface area contributed by atoms with Crippen molar-refractivity contribution >= 4 is 59.5 Å². The fraction of sp³-hybridized carbons (Fsp3) is 0.333. The molecule has 2 amide bonds. The van der Waals surface area contributed by atoms with Gasteiger partial charge in [-0.2, -0.15) is 0 Å². The van der Waals surface area contributed by atoms with Gasteiger partial charge in [0.15, 0.2) is 0 Å². The maximum atomic E-state index is 12.1. The van der Waals surface area contributed by atoms with Crippen LogP contribution in [0.5, 0.6) is 0 Å². The Morgan fingerprint density at radius 1 is 1.24 bits per heavy atom. The minimum Gasteiger partial charge on any atom is -0.330 e. The standard InChI is InChI=1S/C15H17N5O2S.2ClH/c16-6-5-13-19-11(8-23-13)15(22)18-10-3-4-12(17-7-10)20-14(21)9-1-2-9;;/h3-4,7-9H,1-2,5-6,16H2,(H,18,22)(H,17,20,21);2*1H. The fourth-order valence-corrected chi connectivity index (χ4v) is 2.76. The van der Waals surface area contributed by atoms with Gasteiger partial charge in [0.25, 0.3) is 5.91 Å². The number of carbonyl (C=O) groups is 2. The average Bonchev–Trinajstić information content (AvgIpc) is 3.29. The smallest absolute Gasteiger partial charge is 0.275 e. The van der Waals surface area contributed by atoms with Gasteiger partial charge in [-0.05, 0) is 31.5 Å². The Balaban J connectivity index is 0.00000156. The third-order valence-electron chi connectivity index (χ3n) is 3.36. The molecule has 1 aliphatic carbocycles. The molecule has 3 rings (SSSR count). The van der Waals surface area contributed by atoms with Crippen LogP contribution in [0.1, 0.15) is 28.3 Å². The molecule has 1 saturated carbocycles. The minimum atomic E-state index is -0.291. The Labute approximate surface area is 161 Å². The lowest BCUT2D eigenvalue weighted by Gasteiger charge is -2.06. The van der Waals surface area contributed by atoms with Crippen LogP contribution in [-0.2, 0) is 11.2 Å². The summed E-state index contributed by atoms with van der Waals surface area (Å²) in [5.41, 5.74) is 6.38. The van der Waals surface area contributed by atoms with Crippen LogP contribution in [0.4, 0.5) is 11.5 Å². The number of amides is 2. The summed E-state index contributed by atoms with van der Waals surface area (Å²) < 4.78 is 0. The quantitative estimate of drug-likeness (QED) is 0.685. The number of halogens is 2. The summed E-state index contributed by atoms with van der Waals surface area (Å²) in [7, 11) is 0. The number of anilines is 2. The van der Waals surface area contributed by atoms with Gasteiger partial charge in [0.2, 0.25) is 5.91 Å². The molecule has 7 nitrogen and oxygen atoms in total. The first kappa shape index (κ1) is 21.3. The molecule has 1 aliphatic rings. The van der Waals surface area contributed by atoms with Gasteiger partial charge in [-0.15, -0.1) is 36.2 Å². The highest BCUT2D eigenvalue weighted by Crippen LogP contribution is 2.30. The van der Waals surface area contributed by atoms with E-state index in [1.165, 1.54) is 17.5 Å².